The zero-order valence-electron chi connectivity index (χ0n) is 23.2. The van der Waals surface area contributed by atoms with Crippen molar-refractivity contribution < 1.29 is 27.6 Å². The van der Waals surface area contributed by atoms with E-state index in [1.165, 1.54) is 23.9 Å². The topological polar surface area (TPSA) is 73.0 Å². The molecular formula is C30H35F3N4O3S. The molecule has 7 nitrogen and oxygen atoms in total. The number of carbonyl (C=O) groups is 3. The molecule has 2 aromatic carbocycles. The van der Waals surface area contributed by atoms with E-state index in [1.807, 2.05) is 29.2 Å². The lowest BCUT2D eigenvalue weighted by atomic mass is 10.0. The van der Waals surface area contributed by atoms with Crippen LogP contribution in [-0.4, -0.2) is 63.5 Å². The average molecular weight is 589 g/mol. The van der Waals surface area contributed by atoms with Crippen molar-refractivity contribution in [1.29, 1.82) is 0 Å². The molecule has 5 rings (SSSR count). The molecule has 1 N–H and O–H groups in total. The third kappa shape index (κ3) is 6.50. The summed E-state index contributed by atoms with van der Waals surface area (Å²) in [6.07, 6.45) is -2.32. The smallest absolute Gasteiger partial charge is 0.342 e. The predicted molar refractivity (Wildman–Crippen MR) is 152 cm³/mol. The number of alkyl halides is 3. The first-order valence-electron chi connectivity index (χ1n) is 14.1. The number of benzene rings is 2. The number of piperidine rings is 1. The SMILES string of the molecule is CC(C)CCN1C(=O)C(CC(=O)N2CCC(N3Cc4ccccc4NC3=O)CC2)SC1c1ccc(C(F)(F)F)cc1. The molecule has 0 aliphatic carbocycles. The highest BCUT2D eigenvalue weighted by Crippen LogP contribution is 2.45. The van der Waals surface area contributed by atoms with Crippen LogP contribution in [0, 0.1) is 5.92 Å². The number of para-hydroxylation sites is 1. The molecule has 0 radical (unpaired) electrons. The molecule has 220 valence electrons. The number of urea groups is 1. The first kappa shape index (κ1) is 29.3. The molecule has 4 amide bonds. The molecule has 41 heavy (non-hydrogen) atoms. The Balaban J connectivity index is 1.21. The number of amides is 4. The quantitative estimate of drug-likeness (QED) is 0.423. The van der Waals surface area contributed by atoms with Crippen LogP contribution in [-0.2, 0) is 22.3 Å². The summed E-state index contributed by atoms with van der Waals surface area (Å²) >= 11 is 1.34. The van der Waals surface area contributed by atoms with Crippen LogP contribution >= 0.6 is 11.8 Å². The van der Waals surface area contributed by atoms with Crippen LogP contribution in [0.15, 0.2) is 48.5 Å². The maximum absolute atomic E-state index is 13.4. The fourth-order valence-electron chi connectivity index (χ4n) is 5.68. The molecule has 0 aromatic heterocycles. The molecule has 2 saturated heterocycles. The van der Waals surface area contributed by atoms with E-state index in [4.69, 9.17) is 0 Å². The van der Waals surface area contributed by atoms with Gasteiger partial charge in [-0.25, -0.2) is 4.79 Å². The predicted octanol–water partition coefficient (Wildman–Crippen LogP) is 6.12. The molecule has 3 aliphatic heterocycles. The van der Waals surface area contributed by atoms with Crippen molar-refractivity contribution in [3.05, 3.63) is 65.2 Å². The van der Waals surface area contributed by atoms with Gasteiger partial charge in [0.2, 0.25) is 11.8 Å². The highest BCUT2D eigenvalue weighted by molar-refractivity contribution is 8.01. The molecule has 2 aromatic rings. The van der Waals surface area contributed by atoms with Crippen LogP contribution in [0.3, 0.4) is 0 Å². The van der Waals surface area contributed by atoms with Gasteiger partial charge in [-0.2, -0.15) is 13.2 Å². The van der Waals surface area contributed by atoms with E-state index in [-0.39, 0.29) is 30.3 Å². The summed E-state index contributed by atoms with van der Waals surface area (Å²) in [5.41, 5.74) is 1.78. The Labute approximate surface area is 242 Å². The van der Waals surface area contributed by atoms with Gasteiger partial charge in [-0.3, -0.25) is 9.59 Å². The maximum Gasteiger partial charge on any atom is 0.416 e. The van der Waals surface area contributed by atoms with Crippen LogP contribution in [0.1, 0.15) is 61.6 Å². The summed E-state index contributed by atoms with van der Waals surface area (Å²) in [5, 5.41) is 1.92. The number of fused-ring (bicyclic) bond motifs is 1. The van der Waals surface area contributed by atoms with Gasteiger partial charge in [-0.1, -0.05) is 44.2 Å². The van der Waals surface area contributed by atoms with Crippen LogP contribution in [0.4, 0.5) is 23.7 Å². The Hall–Kier alpha value is -3.21. The number of rotatable bonds is 7. The Morgan fingerprint density at radius 2 is 1.73 bits per heavy atom. The van der Waals surface area contributed by atoms with E-state index in [9.17, 15) is 27.6 Å². The summed E-state index contributed by atoms with van der Waals surface area (Å²) < 4.78 is 39.3. The van der Waals surface area contributed by atoms with Gasteiger partial charge in [-0.15, -0.1) is 11.8 Å². The largest absolute Gasteiger partial charge is 0.416 e. The summed E-state index contributed by atoms with van der Waals surface area (Å²) in [6.45, 7) is 6.12. The van der Waals surface area contributed by atoms with Gasteiger partial charge < -0.3 is 20.0 Å². The maximum atomic E-state index is 13.4. The number of likely N-dealkylation sites (tertiary alicyclic amines) is 1. The summed E-state index contributed by atoms with van der Waals surface area (Å²) in [4.78, 5) is 44.8. The van der Waals surface area contributed by atoms with Gasteiger partial charge >= 0.3 is 12.2 Å². The Kier molecular flexibility index (Phi) is 8.54. The van der Waals surface area contributed by atoms with Crippen molar-refractivity contribution in [2.75, 3.05) is 25.0 Å². The minimum atomic E-state index is -4.43. The van der Waals surface area contributed by atoms with E-state index >= 15 is 0 Å². The standard InChI is InChI=1S/C30H35F3N4O3S/c1-19(2)11-16-36-27(39)25(41-28(36)20-7-9-22(10-8-20)30(31,32)33)17-26(38)35-14-12-23(13-15-35)37-18-21-5-3-4-6-24(21)34-29(37)40/h3-10,19,23,25,28H,11-18H2,1-2H3,(H,34,40). The molecular weight excluding hydrogens is 553 g/mol. The second-order valence-electron chi connectivity index (χ2n) is 11.3. The van der Waals surface area contributed by atoms with Crippen LogP contribution in [0.25, 0.3) is 0 Å². The van der Waals surface area contributed by atoms with Gasteiger partial charge in [0, 0.05) is 44.3 Å². The van der Waals surface area contributed by atoms with Crippen molar-refractivity contribution >= 4 is 35.3 Å². The highest BCUT2D eigenvalue weighted by atomic mass is 32.2. The van der Waals surface area contributed by atoms with Crippen molar-refractivity contribution in [2.24, 2.45) is 5.92 Å². The van der Waals surface area contributed by atoms with Gasteiger partial charge in [-0.05, 0) is 54.5 Å². The second-order valence-corrected chi connectivity index (χ2v) is 12.6. The Morgan fingerprint density at radius 3 is 2.39 bits per heavy atom. The molecule has 2 fully saturated rings. The van der Waals surface area contributed by atoms with E-state index in [0.29, 0.717) is 50.5 Å². The van der Waals surface area contributed by atoms with Gasteiger partial charge in [0.1, 0.15) is 5.37 Å². The fraction of sp³-hybridized carbons (Fsp3) is 0.500. The number of nitrogens with zero attached hydrogens (tertiary/aromatic N) is 3. The number of nitrogens with one attached hydrogen (secondary N) is 1. The Morgan fingerprint density at radius 1 is 1.05 bits per heavy atom. The van der Waals surface area contributed by atoms with Gasteiger partial charge in [0.15, 0.2) is 0 Å². The van der Waals surface area contributed by atoms with Crippen LogP contribution < -0.4 is 5.32 Å². The number of hydrogen-bond acceptors (Lipinski definition) is 4. The molecule has 0 bridgehead atoms. The van der Waals surface area contributed by atoms with Crippen LogP contribution in [0.5, 0.6) is 0 Å². The van der Waals surface area contributed by atoms with Crippen molar-refractivity contribution in [3.8, 4) is 0 Å². The molecule has 11 heteroatoms. The van der Waals surface area contributed by atoms with E-state index in [0.717, 1.165) is 29.8 Å². The highest BCUT2D eigenvalue weighted by Gasteiger charge is 2.43. The second kappa shape index (κ2) is 12.0. The monoisotopic (exact) mass is 588 g/mol. The zero-order valence-corrected chi connectivity index (χ0v) is 24.0. The number of carbonyl (C=O) groups excluding carboxylic acids is 3. The van der Waals surface area contributed by atoms with Crippen molar-refractivity contribution in [1.82, 2.24) is 14.7 Å². The number of halogens is 3. The molecule has 2 atom stereocenters. The van der Waals surface area contributed by atoms with E-state index < -0.39 is 22.4 Å². The normalized spacial score (nSPS) is 21.9. The first-order chi connectivity index (χ1) is 19.5. The minimum absolute atomic E-state index is 0.0190. The number of thioether (sulfide) groups is 1. The Bertz CT molecular complexity index is 1280. The van der Waals surface area contributed by atoms with E-state index in [2.05, 4.69) is 19.2 Å². The molecule has 0 spiro atoms. The lowest BCUT2D eigenvalue weighted by Gasteiger charge is -2.40. The molecule has 2 unspecified atom stereocenters. The summed E-state index contributed by atoms with van der Waals surface area (Å²) in [5.74, 6) is 0.0885. The zero-order chi connectivity index (χ0) is 29.3. The lowest BCUT2D eigenvalue weighted by molar-refractivity contribution is -0.137. The lowest BCUT2D eigenvalue weighted by Crippen LogP contribution is -2.51. The van der Waals surface area contributed by atoms with Crippen LogP contribution in [0.2, 0.25) is 0 Å². The summed E-state index contributed by atoms with van der Waals surface area (Å²) in [6, 6.07) is 12.6. The minimum Gasteiger partial charge on any atom is -0.342 e. The van der Waals surface area contributed by atoms with Gasteiger partial charge in [0.25, 0.3) is 0 Å². The third-order valence-corrected chi connectivity index (χ3v) is 9.57. The number of anilines is 1. The summed E-state index contributed by atoms with van der Waals surface area (Å²) in [7, 11) is 0. The van der Waals surface area contributed by atoms with Crippen molar-refractivity contribution in [3.63, 3.8) is 0 Å². The first-order valence-corrected chi connectivity index (χ1v) is 15.0. The third-order valence-electron chi connectivity index (χ3n) is 8.08. The number of hydrogen-bond donors (Lipinski definition) is 1. The average Bonchev–Trinajstić information content (AvgIpc) is 3.25. The van der Waals surface area contributed by atoms with Crippen molar-refractivity contribution in [2.45, 2.75) is 68.9 Å². The molecule has 3 heterocycles. The molecule has 3 aliphatic rings. The fourth-order valence-corrected chi connectivity index (χ4v) is 7.15. The molecule has 0 saturated carbocycles. The van der Waals surface area contributed by atoms with E-state index in [1.54, 1.807) is 9.80 Å². The van der Waals surface area contributed by atoms with Gasteiger partial charge in [0.05, 0.1) is 10.8 Å².